The van der Waals surface area contributed by atoms with E-state index in [1.54, 1.807) is 0 Å². The van der Waals surface area contributed by atoms with Gasteiger partial charge in [-0.3, -0.25) is 0 Å². The van der Waals surface area contributed by atoms with Crippen LogP contribution < -0.4 is 5.09 Å². The molecule has 15 heavy (non-hydrogen) atoms. The van der Waals surface area contributed by atoms with Gasteiger partial charge in [0, 0.05) is 0 Å². The fraction of sp³-hybridized carbons (Fsp3) is 1.00. The monoisotopic (exact) mass is 233 g/mol. The number of hydrogen-bond acceptors (Lipinski definition) is 1. The van der Waals surface area contributed by atoms with E-state index in [9.17, 15) is 0 Å². The van der Waals surface area contributed by atoms with Crippen LogP contribution in [0.3, 0.4) is 0 Å². The first kappa shape index (κ1) is 17.8. The van der Waals surface area contributed by atoms with Crippen molar-refractivity contribution < 1.29 is 0 Å². The molecule has 1 atom stereocenters. The van der Waals surface area contributed by atoms with Gasteiger partial charge in [-0.05, 0) is 13.0 Å². The first-order chi connectivity index (χ1) is 7.35. The Morgan fingerprint density at radius 2 is 1.60 bits per heavy atom. The van der Waals surface area contributed by atoms with Gasteiger partial charge in [-0.15, -0.1) is 0 Å². The SMILES string of the molecule is CC.CCCCC1CCCCC1.CNP. The van der Waals surface area contributed by atoms with E-state index < -0.39 is 0 Å². The van der Waals surface area contributed by atoms with Crippen LogP contribution in [0.5, 0.6) is 0 Å². The third-order valence-electron chi connectivity index (χ3n) is 2.69. The lowest BCUT2D eigenvalue weighted by Gasteiger charge is -2.20. The Kier molecular flexibility index (Phi) is 19.9. The van der Waals surface area contributed by atoms with Crippen LogP contribution in [0.2, 0.25) is 0 Å². The Bertz CT molecular complexity index is 90.5. The first-order valence-corrected chi connectivity index (χ1v) is 7.30. The van der Waals surface area contributed by atoms with E-state index in [-0.39, 0.29) is 0 Å². The molecule has 0 aromatic rings. The van der Waals surface area contributed by atoms with Gasteiger partial charge in [0.05, 0.1) is 0 Å². The van der Waals surface area contributed by atoms with Crippen molar-refractivity contribution in [3.63, 3.8) is 0 Å². The predicted molar refractivity (Wildman–Crippen MR) is 76.2 cm³/mol. The van der Waals surface area contributed by atoms with Crippen molar-refractivity contribution in [2.45, 2.75) is 72.1 Å². The highest BCUT2D eigenvalue weighted by Gasteiger charge is 2.11. The smallest absolute Gasteiger partial charge is 0.0130 e. The third kappa shape index (κ3) is 14.4. The van der Waals surface area contributed by atoms with Crippen molar-refractivity contribution in [2.75, 3.05) is 7.05 Å². The van der Waals surface area contributed by atoms with Crippen LogP contribution in [-0.2, 0) is 0 Å². The summed E-state index contributed by atoms with van der Waals surface area (Å²) in [6.45, 7) is 6.29. The van der Waals surface area contributed by atoms with Crippen molar-refractivity contribution in [3.05, 3.63) is 0 Å². The molecule has 1 nitrogen and oxygen atoms in total. The molecule has 1 aliphatic carbocycles. The van der Waals surface area contributed by atoms with Gasteiger partial charge in [0.25, 0.3) is 0 Å². The highest BCUT2D eigenvalue weighted by atomic mass is 31.0. The normalized spacial score (nSPS) is 15.8. The van der Waals surface area contributed by atoms with Gasteiger partial charge in [-0.2, -0.15) is 0 Å². The lowest BCUT2D eigenvalue weighted by Crippen LogP contribution is -2.05. The Labute approximate surface area is 100 Å². The summed E-state index contributed by atoms with van der Waals surface area (Å²) in [7, 11) is 4.17. The summed E-state index contributed by atoms with van der Waals surface area (Å²) >= 11 is 0. The molecular weight excluding hydrogens is 201 g/mol. The maximum atomic E-state index is 2.67. The summed E-state index contributed by atoms with van der Waals surface area (Å²) < 4.78 is 0. The molecule has 1 aliphatic rings. The first-order valence-electron chi connectivity index (χ1n) is 6.72. The number of hydrogen-bond donors (Lipinski definition) is 1. The molecule has 0 radical (unpaired) electrons. The van der Waals surface area contributed by atoms with Crippen molar-refractivity contribution in [1.82, 2.24) is 5.09 Å². The molecule has 1 fully saturated rings. The fourth-order valence-electron chi connectivity index (χ4n) is 1.97. The third-order valence-corrected chi connectivity index (χ3v) is 2.69. The standard InChI is InChI=1S/C10H20.C2H6.CH6NP/c1-2-3-7-10-8-5-4-6-9-10;1-2;1-2-3/h10H,2-9H2,1H3;1-2H3;2H,3H2,1H3. The van der Waals surface area contributed by atoms with Crippen molar-refractivity contribution in [1.29, 1.82) is 0 Å². The minimum absolute atomic E-state index is 1.11. The lowest BCUT2D eigenvalue weighted by atomic mass is 9.86. The Balaban J connectivity index is 0. The zero-order valence-electron chi connectivity index (χ0n) is 11.3. The summed E-state index contributed by atoms with van der Waals surface area (Å²) in [6, 6.07) is 0. The molecule has 0 bridgehead atoms. The minimum Gasteiger partial charge on any atom is -0.304 e. The predicted octanol–water partition coefficient (Wildman–Crippen LogP) is 4.78. The molecule has 0 aromatic heterocycles. The molecule has 0 heterocycles. The second-order valence-electron chi connectivity index (χ2n) is 3.93. The van der Waals surface area contributed by atoms with Crippen LogP contribution in [0.15, 0.2) is 0 Å². The summed E-state index contributed by atoms with van der Waals surface area (Å²) in [4.78, 5) is 0. The highest BCUT2D eigenvalue weighted by molar-refractivity contribution is 7.13. The van der Waals surface area contributed by atoms with Gasteiger partial charge in [-0.25, -0.2) is 0 Å². The molecule has 0 aromatic carbocycles. The average molecular weight is 233 g/mol. The number of rotatable bonds is 3. The fourth-order valence-corrected chi connectivity index (χ4v) is 1.97. The van der Waals surface area contributed by atoms with E-state index in [1.807, 2.05) is 20.9 Å². The minimum atomic E-state index is 1.11. The summed E-state index contributed by atoms with van der Waals surface area (Å²) in [5.74, 6) is 1.11. The van der Waals surface area contributed by atoms with Crippen molar-refractivity contribution in [2.24, 2.45) is 5.92 Å². The molecule has 1 saturated carbocycles. The Hall–Kier alpha value is 0.390. The maximum absolute atomic E-state index is 2.67. The Morgan fingerprint density at radius 1 is 1.13 bits per heavy atom. The zero-order chi connectivity index (χ0) is 11.9. The van der Waals surface area contributed by atoms with Crippen LogP contribution in [0, 0.1) is 5.92 Å². The van der Waals surface area contributed by atoms with E-state index in [1.165, 1.54) is 51.4 Å². The van der Waals surface area contributed by atoms with E-state index in [0.717, 1.165) is 5.92 Å². The van der Waals surface area contributed by atoms with Gasteiger partial charge in [-0.1, -0.05) is 81.5 Å². The molecule has 0 saturated heterocycles. The second-order valence-corrected chi connectivity index (χ2v) is 4.51. The molecule has 0 amide bonds. The zero-order valence-corrected chi connectivity index (χ0v) is 12.5. The second kappa shape index (κ2) is 16.8. The van der Waals surface area contributed by atoms with Crippen molar-refractivity contribution in [3.8, 4) is 0 Å². The average Bonchev–Trinajstić information content (AvgIpc) is 2.31. The lowest BCUT2D eigenvalue weighted by molar-refractivity contribution is 0.331. The van der Waals surface area contributed by atoms with Gasteiger partial charge in [0.15, 0.2) is 0 Å². The molecule has 0 aliphatic heterocycles. The van der Waals surface area contributed by atoms with Gasteiger partial charge >= 0.3 is 0 Å². The van der Waals surface area contributed by atoms with Gasteiger partial charge < -0.3 is 5.09 Å². The van der Waals surface area contributed by atoms with Crippen LogP contribution in [0.4, 0.5) is 0 Å². The van der Waals surface area contributed by atoms with E-state index >= 15 is 0 Å². The molecule has 1 unspecified atom stereocenters. The van der Waals surface area contributed by atoms with Crippen LogP contribution in [0.1, 0.15) is 72.1 Å². The number of unbranched alkanes of at least 4 members (excludes halogenated alkanes) is 1. The molecule has 0 spiro atoms. The molecule has 1 rings (SSSR count). The Morgan fingerprint density at radius 3 is 2.00 bits per heavy atom. The highest BCUT2D eigenvalue weighted by Crippen LogP contribution is 2.27. The van der Waals surface area contributed by atoms with E-state index in [4.69, 9.17) is 0 Å². The van der Waals surface area contributed by atoms with Gasteiger partial charge in [0.1, 0.15) is 0 Å². The van der Waals surface area contributed by atoms with Crippen LogP contribution in [-0.4, -0.2) is 7.05 Å². The summed E-state index contributed by atoms with van der Waals surface area (Å²) in [5, 5.41) is 2.67. The quantitative estimate of drug-likeness (QED) is 0.692. The van der Waals surface area contributed by atoms with Crippen LogP contribution >= 0.6 is 9.39 Å². The van der Waals surface area contributed by atoms with Crippen molar-refractivity contribution >= 4 is 9.39 Å². The number of nitrogens with one attached hydrogen (secondary N) is 1. The largest absolute Gasteiger partial charge is 0.304 e. The molecule has 1 N–H and O–H groups in total. The van der Waals surface area contributed by atoms with Crippen LogP contribution in [0.25, 0.3) is 0 Å². The van der Waals surface area contributed by atoms with E-state index in [2.05, 4.69) is 21.4 Å². The summed E-state index contributed by atoms with van der Waals surface area (Å²) in [6.07, 6.45) is 11.9. The van der Waals surface area contributed by atoms with E-state index in [0.29, 0.717) is 0 Å². The topological polar surface area (TPSA) is 12.0 Å². The summed E-state index contributed by atoms with van der Waals surface area (Å²) in [5.41, 5.74) is 0. The molecule has 94 valence electrons. The maximum Gasteiger partial charge on any atom is -0.0130 e. The van der Waals surface area contributed by atoms with Gasteiger partial charge in [0.2, 0.25) is 0 Å². The molecule has 2 heteroatoms. The molecular formula is C13H32NP.